The molecule has 0 aromatic heterocycles. The second kappa shape index (κ2) is 7.22. The van der Waals surface area contributed by atoms with Gasteiger partial charge in [-0.1, -0.05) is 35.9 Å². The molecule has 1 heterocycles. The van der Waals surface area contributed by atoms with Gasteiger partial charge in [-0.3, -0.25) is 4.79 Å². The molecule has 0 spiro atoms. The Balaban J connectivity index is 1.57. The first-order valence-corrected chi connectivity index (χ1v) is 9.88. The molecule has 1 atom stereocenters. The van der Waals surface area contributed by atoms with Crippen LogP contribution in [0.25, 0.3) is 11.1 Å². The Morgan fingerprint density at radius 2 is 2.00 bits per heavy atom. The van der Waals surface area contributed by atoms with Crippen LogP contribution in [0.5, 0.6) is 5.75 Å². The first-order chi connectivity index (χ1) is 13.0. The van der Waals surface area contributed by atoms with Gasteiger partial charge in [-0.2, -0.15) is 0 Å². The molecule has 0 saturated carbocycles. The van der Waals surface area contributed by atoms with Crippen molar-refractivity contribution >= 4 is 5.91 Å². The summed E-state index contributed by atoms with van der Waals surface area (Å²) < 4.78 is 0. The molecule has 140 valence electrons. The largest absolute Gasteiger partial charge is 0.508 e. The maximum Gasteiger partial charge on any atom is 0.226 e. The molecule has 1 aliphatic carbocycles. The quantitative estimate of drug-likeness (QED) is 0.765. The summed E-state index contributed by atoms with van der Waals surface area (Å²) in [5.74, 6) is 0.797. The van der Waals surface area contributed by atoms with Gasteiger partial charge in [0.2, 0.25) is 5.91 Å². The molecule has 2 aromatic rings. The fraction of sp³-hybridized carbons (Fsp3) is 0.375. The van der Waals surface area contributed by atoms with E-state index in [1.165, 1.54) is 22.3 Å². The Bertz CT molecular complexity index is 913. The van der Waals surface area contributed by atoms with Gasteiger partial charge in [-0.15, -0.1) is 0 Å². The highest BCUT2D eigenvalue weighted by Gasteiger charge is 2.28. The summed E-state index contributed by atoms with van der Waals surface area (Å²) >= 11 is 0. The zero-order chi connectivity index (χ0) is 19.0. The summed E-state index contributed by atoms with van der Waals surface area (Å²) in [6, 6.07) is 12.2. The van der Waals surface area contributed by atoms with E-state index in [1.807, 2.05) is 24.0 Å². The minimum atomic E-state index is 0.151. The number of fused-ring (bicyclic) bond motifs is 1. The molecule has 1 aliphatic heterocycles. The van der Waals surface area contributed by atoms with Crippen molar-refractivity contribution in [3.05, 3.63) is 64.7 Å². The third-order valence-electron chi connectivity index (χ3n) is 6.07. The van der Waals surface area contributed by atoms with Crippen molar-refractivity contribution in [3.63, 3.8) is 0 Å². The lowest BCUT2D eigenvalue weighted by Crippen LogP contribution is -2.40. The van der Waals surface area contributed by atoms with Crippen LogP contribution in [0.15, 0.2) is 48.0 Å². The number of phenols is 1. The highest BCUT2D eigenvalue weighted by atomic mass is 16.3. The first kappa shape index (κ1) is 17.8. The molecule has 0 bridgehead atoms. The third kappa shape index (κ3) is 3.51. The van der Waals surface area contributed by atoms with Gasteiger partial charge in [-0.25, -0.2) is 0 Å². The van der Waals surface area contributed by atoms with Gasteiger partial charge in [0, 0.05) is 19.0 Å². The number of rotatable bonds is 2. The Morgan fingerprint density at radius 1 is 1.15 bits per heavy atom. The molecule has 1 unspecified atom stereocenters. The van der Waals surface area contributed by atoms with E-state index >= 15 is 0 Å². The fourth-order valence-electron chi connectivity index (χ4n) is 4.34. The zero-order valence-corrected chi connectivity index (χ0v) is 16.2. The number of carbonyl (C=O) groups excluding carboxylic acids is 1. The molecule has 1 amide bonds. The molecule has 2 aromatic carbocycles. The predicted octanol–water partition coefficient (Wildman–Crippen LogP) is 5.00. The molecular weight excluding hydrogens is 334 g/mol. The number of aryl methyl sites for hydroxylation is 1. The van der Waals surface area contributed by atoms with Gasteiger partial charge in [-0.05, 0) is 79.5 Å². The van der Waals surface area contributed by atoms with Gasteiger partial charge in [0.15, 0.2) is 0 Å². The van der Waals surface area contributed by atoms with Crippen molar-refractivity contribution in [1.29, 1.82) is 0 Å². The number of benzene rings is 2. The lowest BCUT2D eigenvalue weighted by Gasteiger charge is -2.33. The maximum atomic E-state index is 13.0. The average Bonchev–Trinajstić information content (AvgIpc) is 2.69. The highest BCUT2D eigenvalue weighted by molar-refractivity contribution is 5.80. The molecule has 27 heavy (non-hydrogen) atoms. The van der Waals surface area contributed by atoms with Crippen molar-refractivity contribution < 1.29 is 9.90 Å². The van der Waals surface area contributed by atoms with Crippen LogP contribution < -0.4 is 0 Å². The fourth-order valence-corrected chi connectivity index (χ4v) is 4.34. The van der Waals surface area contributed by atoms with Gasteiger partial charge >= 0.3 is 0 Å². The topological polar surface area (TPSA) is 40.5 Å². The van der Waals surface area contributed by atoms with Crippen LogP contribution in [0.1, 0.15) is 42.9 Å². The van der Waals surface area contributed by atoms with Gasteiger partial charge in [0.1, 0.15) is 5.75 Å². The second-order valence-electron chi connectivity index (χ2n) is 7.98. The molecular formula is C24H27NO2. The lowest BCUT2D eigenvalue weighted by molar-refractivity contribution is -0.136. The van der Waals surface area contributed by atoms with E-state index in [2.05, 4.69) is 31.2 Å². The SMILES string of the molecule is CC1=CCC(C(=O)N2CCc3c(cccc3-c3ccc(O)c(C)c3)C2)CC1. The molecule has 4 rings (SSSR count). The Kier molecular flexibility index (Phi) is 4.77. The van der Waals surface area contributed by atoms with Gasteiger partial charge in [0.05, 0.1) is 0 Å². The van der Waals surface area contributed by atoms with Crippen LogP contribution in [0, 0.1) is 12.8 Å². The van der Waals surface area contributed by atoms with Gasteiger partial charge < -0.3 is 10.0 Å². The van der Waals surface area contributed by atoms with Crippen molar-refractivity contribution in [3.8, 4) is 16.9 Å². The van der Waals surface area contributed by atoms with Crippen molar-refractivity contribution in [2.75, 3.05) is 6.54 Å². The molecule has 1 N–H and O–H groups in total. The number of carbonyl (C=O) groups is 1. The molecule has 3 nitrogen and oxygen atoms in total. The van der Waals surface area contributed by atoms with E-state index < -0.39 is 0 Å². The molecule has 0 fully saturated rings. The normalized spacial score (nSPS) is 19.4. The molecule has 0 radical (unpaired) electrons. The smallest absolute Gasteiger partial charge is 0.226 e. The number of hydrogen-bond acceptors (Lipinski definition) is 2. The summed E-state index contributed by atoms with van der Waals surface area (Å²) in [5, 5.41) is 9.82. The van der Waals surface area contributed by atoms with Gasteiger partial charge in [0.25, 0.3) is 0 Å². The standard InChI is InChI=1S/C24H27NO2/c1-16-6-8-18(9-7-16)24(27)25-13-12-22-20(15-25)4-3-5-21(22)19-10-11-23(26)17(2)14-19/h3-6,10-11,14,18,26H,7-9,12-13,15H2,1-2H3. The Hall–Kier alpha value is -2.55. The van der Waals surface area contributed by atoms with E-state index in [1.54, 1.807) is 6.07 Å². The number of hydrogen-bond donors (Lipinski definition) is 1. The number of aromatic hydroxyl groups is 1. The lowest BCUT2D eigenvalue weighted by atomic mass is 9.87. The van der Waals surface area contributed by atoms with E-state index in [9.17, 15) is 9.90 Å². The minimum Gasteiger partial charge on any atom is -0.508 e. The van der Waals surface area contributed by atoms with E-state index in [0.29, 0.717) is 18.2 Å². The van der Waals surface area contributed by atoms with Crippen LogP contribution in [0.4, 0.5) is 0 Å². The summed E-state index contributed by atoms with van der Waals surface area (Å²) in [5.41, 5.74) is 7.25. The van der Waals surface area contributed by atoms with Crippen LogP contribution in [0.2, 0.25) is 0 Å². The Labute approximate surface area is 161 Å². The zero-order valence-electron chi connectivity index (χ0n) is 16.2. The summed E-state index contributed by atoms with van der Waals surface area (Å²) in [7, 11) is 0. The van der Waals surface area contributed by atoms with E-state index in [4.69, 9.17) is 0 Å². The number of amides is 1. The maximum absolute atomic E-state index is 13.0. The van der Waals surface area contributed by atoms with Crippen molar-refractivity contribution in [2.24, 2.45) is 5.92 Å². The number of phenolic OH excluding ortho intramolecular Hbond substituents is 1. The average molecular weight is 361 g/mol. The second-order valence-corrected chi connectivity index (χ2v) is 7.98. The highest BCUT2D eigenvalue weighted by Crippen LogP contribution is 2.34. The number of allylic oxidation sites excluding steroid dienone is 2. The first-order valence-electron chi connectivity index (χ1n) is 9.88. The van der Waals surface area contributed by atoms with Crippen LogP contribution in [-0.2, 0) is 17.8 Å². The van der Waals surface area contributed by atoms with Crippen LogP contribution in [-0.4, -0.2) is 22.5 Å². The van der Waals surface area contributed by atoms with Crippen LogP contribution in [0.3, 0.4) is 0 Å². The van der Waals surface area contributed by atoms with Crippen LogP contribution >= 0.6 is 0 Å². The molecule has 3 heteroatoms. The molecule has 0 saturated heterocycles. The van der Waals surface area contributed by atoms with E-state index in [0.717, 1.165) is 43.4 Å². The summed E-state index contributed by atoms with van der Waals surface area (Å²) in [4.78, 5) is 15.0. The molecule has 2 aliphatic rings. The minimum absolute atomic E-state index is 0.151. The summed E-state index contributed by atoms with van der Waals surface area (Å²) in [6.45, 7) is 5.58. The third-order valence-corrected chi connectivity index (χ3v) is 6.07. The van der Waals surface area contributed by atoms with Crippen molar-refractivity contribution in [2.45, 2.75) is 46.1 Å². The Morgan fingerprint density at radius 3 is 2.74 bits per heavy atom. The predicted molar refractivity (Wildman–Crippen MR) is 108 cm³/mol. The monoisotopic (exact) mass is 361 g/mol. The number of nitrogens with zero attached hydrogens (tertiary/aromatic N) is 1. The van der Waals surface area contributed by atoms with E-state index in [-0.39, 0.29) is 5.92 Å². The summed E-state index contributed by atoms with van der Waals surface area (Å²) in [6.07, 6.45) is 6.04. The van der Waals surface area contributed by atoms with Crippen molar-refractivity contribution in [1.82, 2.24) is 4.90 Å².